The molecule has 0 bridgehead atoms. The van der Waals surface area contributed by atoms with E-state index in [1.54, 1.807) is 0 Å². The SMILES string of the molecule is Cc1c[c]nn1Cc1cc(Cl)ccc1OCC(C)C. The first-order valence-electron chi connectivity index (χ1n) is 6.38. The quantitative estimate of drug-likeness (QED) is 0.833. The summed E-state index contributed by atoms with van der Waals surface area (Å²) in [4.78, 5) is 0. The van der Waals surface area contributed by atoms with Crippen LogP contribution in [0.1, 0.15) is 25.1 Å². The summed E-state index contributed by atoms with van der Waals surface area (Å²) in [5, 5.41) is 4.88. The molecule has 0 fully saturated rings. The summed E-state index contributed by atoms with van der Waals surface area (Å²) in [5.41, 5.74) is 2.10. The van der Waals surface area contributed by atoms with Gasteiger partial charge >= 0.3 is 0 Å². The van der Waals surface area contributed by atoms with Gasteiger partial charge in [0, 0.05) is 16.3 Å². The van der Waals surface area contributed by atoms with Crippen LogP contribution in [0.4, 0.5) is 0 Å². The van der Waals surface area contributed by atoms with E-state index < -0.39 is 0 Å². The van der Waals surface area contributed by atoms with Gasteiger partial charge in [-0.1, -0.05) is 25.4 Å². The summed E-state index contributed by atoms with van der Waals surface area (Å²) in [6.07, 6.45) is 2.84. The molecule has 2 rings (SSSR count). The van der Waals surface area contributed by atoms with Crippen molar-refractivity contribution in [3.05, 3.63) is 46.7 Å². The van der Waals surface area contributed by atoms with Gasteiger partial charge in [-0.15, -0.1) is 0 Å². The largest absolute Gasteiger partial charge is 0.493 e. The molecule has 1 aromatic carbocycles. The van der Waals surface area contributed by atoms with E-state index in [-0.39, 0.29) is 0 Å². The van der Waals surface area contributed by atoms with Crippen LogP contribution >= 0.6 is 11.6 Å². The van der Waals surface area contributed by atoms with Crippen LogP contribution in [0.15, 0.2) is 24.3 Å². The molecular weight excluding hydrogens is 260 g/mol. The molecule has 1 aromatic heterocycles. The monoisotopic (exact) mass is 277 g/mol. The Morgan fingerprint density at radius 1 is 1.42 bits per heavy atom. The Hall–Kier alpha value is -1.48. The highest BCUT2D eigenvalue weighted by Crippen LogP contribution is 2.24. The van der Waals surface area contributed by atoms with Crippen molar-refractivity contribution in [2.75, 3.05) is 6.61 Å². The molecule has 3 nitrogen and oxygen atoms in total. The molecule has 4 heteroatoms. The highest BCUT2D eigenvalue weighted by molar-refractivity contribution is 6.30. The first-order chi connectivity index (χ1) is 9.06. The second kappa shape index (κ2) is 6.11. The highest BCUT2D eigenvalue weighted by Gasteiger charge is 2.08. The first-order valence-corrected chi connectivity index (χ1v) is 6.76. The summed E-state index contributed by atoms with van der Waals surface area (Å²) in [6.45, 7) is 7.59. The zero-order chi connectivity index (χ0) is 13.8. The van der Waals surface area contributed by atoms with Crippen molar-refractivity contribution in [1.82, 2.24) is 9.78 Å². The molecule has 0 spiro atoms. The molecule has 1 radical (unpaired) electrons. The smallest absolute Gasteiger partial charge is 0.124 e. The fourth-order valence-electron chi connectivity index (χ4n) is 1.74. The molecule has 101 valence electrons. The van der Waals surface area contributed by atoms with Crippen LogP contribution in [-0.2, 0) is 6.54 Å². The van der Waals surface area contributed by atoms with Crippen LogP contribution in [0.5, 0.6) is 5.75 Å². The van der Waals surface area contributed by atoms with Crippen LogP contribution in [0.3, 0.4) is 0 Å². The van der Waals surface area contributed by atoms with E-state index in [4.69, 9.17) is 16.3 Å². The van der Waals surface area contributed by atoms with Crippen molar-refractivity contribution in [1.29, 1.82) is 0 Å². The van der Waals surface area contributed by atoms with Crippen LogP contribution in [0, 0.1) is 19.0 Å². The van der Waals surface area contributed by atoms with Gasteiger partial charge in [-0.05, 0) is 37.1 Å². The molecule has 0 unspecified atom stereocenters. The van der Waals surface area contributed by atoms with E-state index in [9.17, 15) is 0 Å². The number of hydrogen-bond donors (Lipinski definition) is 0. The predicted molar refractivity (Wildman–Crippen MR) is 76.7 cm³/mol. The number of rotatable bonds is 5. The fourth-order valence-corrected chi connectivity index (χ4v) is 1.93. The molecule has 19 heavy (non-hydrogen) atoms. The lowest BCUT2D eigenvalue weighted by Gasteiger charge is -2.14. The predicted octanol–water partition coefficient (Wildman–Crippen LogP) is 3.73. The molecule has 0 saturated heterocycles. The average Bonchev–Trinajstić information content (AvgIpc) is 2.74. The topological polar surface area (TPSA) is 27.1 Å². The summed E-state index contributed by atoms with van der Waals surface area (Å²) >= 11 is 6.07. The zero-order valence-electron chi connectivity index (χ0n) is 11.5. The Morgan fingerprint density at radius 2 is 2.21 bits per heavy atom. The van der Waals surface area contributed by atoms with Crippen molar-refractivity contribution >= 4 is 11.6 Å². The molecule has 2 aromatic rings. The molecule has 0 amide bonds. The second-order valence-corrected chi connectivity index (χ2v) is 5.47. The van der Waals surface area contributed by atoms with E-state index in [1.165, 1.54) is 0 Å². The molecule has 1 heterocycles. The van der Waals surface area contributed by atoms with Gasteiger partial charge in [0.2, 0.25) is 0 Å². The molecule has 0 N–H and O–H groups in total. The molecule has 0 saturated carbocycles. The highest BCUT2D eigenvalue weighted by atomic mass is 35.5. The van der Waals surface area contributed by atoms with Gasteiger partial charge in [-0.25, -0.2) is 0 Å². The number of aromatic nitrogens is 2. The van der Waals surface area contributed by atoms with Crippen molar-refractivity contribution in [3.63, 3.8) is 0 Å². The van der Waals surface area contributed by atoms with E-state index in [1.807, 2.05) is 35.9 Å². The van der Waals surface area contributed by atoms with E-state index >= 15 is 0 Å². The number of aryl methyl sites for hydroxylation is 1. The summed E-state index contributed by atoms with van der Waals surface area (Å²) in [7, 11) is 0. The molecule has 0 aliphatic carbocycles. The third kappa shape index (κ3) is 3.74. The first kappa shape index (κ1) is 13.9. The van der Waals surface area contributed by atoms with Gasteiger partial charge in [0.25, 0.3) is 0 Å². The van der Waals surface area contributed by atoms with Gasteiger partial charge in [-0.3, -0.25) is 4.68 Å². The third-order valence-corrected chi connectivity index (χ3v) is 3.01. The summed E-state index contributed by atoms with van der Waals surface area (Å²) in [5.74, 6) is 1.36. The lowest BCUT2D eigenvalue weighted by molar-refractivity contribution is 0.268. The molecule has 0 atom stereocenters. The average molecular weight is 278 g/mol. The minimum Gasteiger partial charge on any atom is -0.493 e. The van der Waals surface area contributed by atoms with Gasteiger partial charge in [-0.2, -0.15) is 5.10 Å². The summed E-state index contributed by atoms with van der Waals surface area (Å²) < 4.78 is 7.72. The number of ether oxygens (including phenoxy) is 1. The van der Waals surface area contributed by atoms with Gasteiger partial charge in [0.1, 0.15) is 11.9 Å². The standard InChI is InChI=1S/C15H18ClN2O/c1-11(2)10-19-15-5-4-14(16)8-13(15)9-18-12(3)6-7-17-18/h4-6,8,11H,9-10H2,1-3H3. The van der Waals surface area contributed by atoms with E-state index in [0.29, 0.717) is 24.1 Å². The maximum Gasteiger partial charge on any atom is 0.124 e. The van der Waals surface area contributed by atoms with Crippen LogP contribution < -0.4 is 4.74 Å². The van der Waals surface area contributed by atoms with Crippen LogP contribution in [-0.4, -0.2) is 16.4 Å². The van der Waals surface area contributed by atoms with Crippen LogP contribution in [0.2, 0.25) is 5.02 Å². The van der Waals surface area contributed by atoms with Gasteiger partial charge in [0.15, 0.2) is 0 Å². The van der Waals surface area contributed by atoms with Crippen molar-refractivity contribution in [2.24, 2.45) is 5.92 Å². The lowest BCUT2D eigenvalue weighted by atomic mass is 10.2. The minimum atomic E-state index is 0.489. The van der Waals surface area contributed by atoms with E-state index in [0.717, 1.165) is 17.0 Å². The number of hydrogen-bond acceptors (Lipinski definition) is 2. The Morgan fingerprint density at radius 3 is 2.84 bits per heavy atom. The Balaban J connectivity index is 2.22. The van der Waals surface area contributed by atoms with E-state index in [2.05, 4.69) is 25.1 Å². The molecule has 0 aliphatic heterocycles. The number of halogens is 1. The lowest BCUT2D eigenvalue weighted by Crippen LogP contribution is -2.09. The van der Waals surface area contributed by atoms with Crippen molar-refractivity contribution < 1.29 is 4.74 Å². The van der Waals surface area contributed by atoms with Crippen molar-refractivity contribution in [2.45, 2.75) is 27.3 Å². The van der Waals surface area contributed by atoms with Gasteiger partial charge in [0.05, 0.1) is 13.2 Å². The fraction of sp³-hybridized carbons (Fsp3) is 0.400. The number of benzene rings is 1. The third-order valence-electron chi connectivity index (χ3n) is 2.77. The maximum atomic E-state index is 6.07. The molecule has 0 aliphatic rings. The minimum absolute atomic E-state index is 0.489. The molecular formula is C15H18ClN2O. The second-order valence-electron chi connectivity index (χ2n) is 5.03. The van der Waals surface area contributed by atoms with Crippen LogP contribution in [0.25, 0.3) is 0 Å². The van der Waals surface area contributed by atoms with Gasteiger partial charge < -0.3 is 4.74 Å². The number of nitrogens with zero attached hydrogens (tertiary/aromatic N) is 2. The van der Waals surface area contributed by atoms with Crippen molar-refractivity contribution in [3.8, 4) is 5.75 Å². The Bertz CT molecular complexity index is 549. The normalized spacial score (nSPS) is 11.0. The summed E-state index contributed by atoms with van der Waals surface area (Å²) in [6, 6.07) is 7.56. The zero-order valence-corrected chi connectivity index (χ0v) is 12.2. The Kier molecular flexibility index (Phi) is 4.48. The maximum absolute atomic E-state index is 6.07. The Labute approximate surface area is 119 Å².